The lowest BCUT2D eigenvalue weighted by Crippen LogP contribution is -2.51. The zero-order valence-corrected chi connectivity index (χ0v) is 34.4. The Bertz CT molecular complexity index is 2290. The second kappa shape index (κ2) is 16.8. The highest BCUT2D eigenvalue weighted by molar-refractivity contribution is 7.89. The predicted molar refractivity (Wildman–Crippen MR) is 216 cm³/mol. The Kier molecular flexibility index (Phi) is 11.6. The van der Waals surface area contributed by atoms with Crippen LogP contribution in [0.25, 0.3) is 11.1 Å². The second-order valence-corrected chi connectivity index (χ2v) is 18.1. The summed E-state index contributed by atoms with van der Waals surface area (Å²) >= 11 is 0. The van der Waals surface area contributed by atoms with E-state index in [0.717, 1.165) is 28.7 Å². The molecule has 4 aliphatic rings. The minimum Gasteiger partial charge on any atom is -0.489 e. The molecule has 4 aromatic rings. The van der Waals surface area contributed by atoms with Crippen LogP contribution in [0.5, 0.6) is 17.2 Å². The normalized spacial score (nSPS) is 23.1. The maximum Gasteiger partial charge on any atom is 0.412 e. The van der Waals surface area contributed by atoms with Gasteiger partial charge < -0.3 is 33.2 Å². The number of benzene rings is 4. The molecule has 0 aromatic heterocycles. The van der Waals surface area contributed by atoms with Crippen molar-refractivity contribution < 1.29 is 46.4 Å². The van der Waals surface area contributed by atoms with Gasteiger partial charge in [0.2, 0.25) is 16.8 Å². The van der Waals surface area contributed by atoms with E-state index >= 15 is 0 Å². The number of amides is 1. The van der Waals surface area contributed by atoms with Crippen LogP contribution in [0.3, 0.4) is 0 Å². The van der Waals surface area contributed by atoms with Gasteiger partial charge in [0.15, 0.2) is 17.8 Å². The average Bonchev–Trinajstić information content (AvgIpc) is 4.02. The van der Waals surface area contributed by atoms with Gasteiger partial charge in [-0.15, -0.1) is 0 Å². The summed E-state index contributed by atoms with van der Waals surface area (Å²) in [6.45, 7) is 8.88. The highest BCUT2D eigenvalue weighted by Crippen LogP contribution is 2.40. The van der Waals surface area contributed by atoms with E-state index in [1.165, 1.54) is 16.4 Å². The van der Waals surface area contributed by atoms with Crippen molar-refractivity contribution in [3.8, 4) is 34.4 Å². The van der Waals surface area contributed by atoms with Gasteiger partial charge in [-0.05, 0) is 85.2 Å². The van der Waals surface area contributed by atoms with E-state index in [1.807, 2.05) is 80.6 Å². The lowest BCUT2D eigenvalue weighted by Gasteiger charge is -2.34. The lowest BCUT2D eigenvalue weighted by molar-refractivity contribution is -0.0911. The fourth-order valence-electron chi connectivity index (χ4n) is 8.35. The zero-order chi connectivity index (χ0) is 41.3. The first kappa shape index (κ1) is 40.6. The van der Waals surface area contributed by atoms with Crippen LogP contribution >= 0.6 is 0 Å². The number of hydrogen-bond acceptors (Lipinski definition) is 11. The number of rotatable bonds is 13. The highest BCUT2D eigenvalue weighted by atomic mass is 32.2. The summed E-state index contributed by atoms with van der Waals surface area (Å²) in [6.07, 6.45) is -1.06. The fraction of sp³-hybridized carbons (Fsp3) is 0.422. The van der Waals surface area contributed by atoms with E-state index in [9.17, 15) is 18.5 Å². The molecule has 3 fully saturated rings. The maximum atomic E-state index is 14.4. The maximum absolute atomic E-state index is 14.4. The molecule has 14 heteroatoms. The Hall–Kier alpha value is -5.17. The summed E-state index contributed by atoms with van der Waals surface area (Å²) in [5.74, 6) is 1.45. The SMILES string of the molecule is CC(C)CN(C[C@@H]1OC(C)(C)N(C(=O)OC2CO[C@@H]3OCC[C@H]23)C1Cc1ccc(OCc2ccc(-c3ccccc3C#N)cc2)cc1)S(=O)(=O)c1ccc2c(c1)OCO2. The smallest absolute Gasteiger partial charge is 0.412 e. The van der Waals surface area contributed by atoms with Gasteiger partial charge in [0.05, 0.1) is 47.8 Å². The monoisotopic (exact) mass is 823 g/mol. The number of nitrogens with zero attached hydrogens (tertiary/aromatic N) is 3. The van der Waals surface area contributed by atoms with Crippen molar-refractivity contribution in [2.75, 3.05) is 33.1 Å². The Labute approximate surface area is 345 Å². The molecule has 0 spiro atoms. The van der Waals surface area contributed by atoms with E-state index in [2.05, 4.69) is 6.07 Å². The van der Waals surface area contributed by atoms with E-state index in [1.54, 1.807) is 30.9 Å². The van der Waals surface area contributed by atoms with Crippen LogP contribution < -0.4 is 14.2 Å². The van der Waals surface area contributed by atoms with Crippen LogP contribution in [0.4, 0.5) is 4.79 Å². The Balaban J connectivity index is 1.02. The number of carbonyl (C=O) groups is 1. The van der Waals surface area contributed by atoms with E-state index in [-0.39, 0.29) is 43.2 Å². The van der Waals surface area contributed by atoms with Gasteiger partial charge in [-0.3, -0.25) is 4.90 Å². The van der Waals surface area contributed by atoms with Gasteiger partial charge in [0, 0.05) is 19.2 Å². The van der Waals surface area contributed by atoms with Crippen molar-refractivity contribution in [1.29, 1.82) is 5.26 Å². The minimum absolute atomic E-state index is 0.0116. The predicted octanol–water partition coefficient (Wildman–Crippen LogP) is 7.13. The largest absolute Gasteiger partial charge is 0.489 e. The summed E-state index contributed by atoms with van der Waals surface area (Å²) in [5.41, 5.74) is 3.19. The van der Waals surface area contributed by atoms with Crippen molar-refractivity contribution in [2.45, 2.75) is 82.3 Å². The molecule has 0 radical (unpaired) electrons. The molecule has 4 aromatic carbocycles. The van der Waals surface area contributed by atoms with Gasteiger partial charge in [0.25, 0.3) is 0 Å². The van der Waals surface area contributed by atoms with Gasteiger partial charge in [-0.2, -0.15) is 9.57 Å². The molecule has 1 amide bonds. The molecule has 4 aliphatic heterocycles. The highest BCUT2D eigenvalue weighted by Gasteiger charge is 2.53. The van der Waals surface area contributed by atoms with E-state index in [0.29, 0.717) is 42.4 Å². The van der Waals surface area contributed by atoms with Gasteiger partial charge in [0.1, 0.15) is 24.2 Å². The van der Waals surface area contributed by atoms with Crippen molar-refractivity contribution in [3.05, 3.63) is 108 Å². The van der Waals surface area contributed by atoms with E-state index < -0.39 is 46.4 Å². The second-order valence-electron chi connectivity index (χ2n) is 16.2. The minimum atomic E-state index is -4.04. The van der Waals surface area contributed by atoms with E-state index in [4.69, 9.17) is 33.2 Å². The Morgan fingerprint density at radius 3 is 2.47 bits per heavy atom. The molecule has 0 aliphatic carbocycles. The van der Waals surface area contributed by atoms with Gasteiger partial charge in [-0.25, -0.2) is 13.2 Å². The average molecular weight is 824 g/mol. The third kappa shape index (κ3) is 8.62. The summed E-state index contributed by atoms with van der Waals surface area (Å²) in [4.78, 5) is 16.0. The standard InChI is InChI=1S/C45H49N3O10S/c1-29(2)24-47(59(50,51)35-17-18-39-40(22-35)56-28-55-39)25-41-38(48(45(3,4)58-41)44(49)57-42-27-54-43-37(42)19-20-52-43)21-30-11-15-34(16-12-30)53-26-31-9-13-32(14-10-31)36-8-6-5-7-33(36)23-46/h5-18,22,29,37-38,41-43H,19-21,24-28H2,1-4H3/t37-,38?,41+,42?,43+/m1/s1. The van der Waals surface area contributed by atoms with Crippen molar-refractivity contribution in [3.63, 3.8) is 0 Å². The number of ether oxygens (including phenoxy) is 7. The van der Waals surface area contributed by atoms with Crippen LogP contribution in [0, 0.1) is 23.2 Å². The van der Waals surface area contributed by atoms with Crippen molar-refractivity contribution in [1.82, 2.24) is 9.21 Å². The quantitative estimate of drug-likeness (QED) is 0.136. The third-order valence-corrected chi connectivity index (χ3v) is 13.1. The third-order valence-electron chi connectivity index (χ3n) is 11.2. The molecular formula is C45H49N3O10S. The molecule has 310 valence electrons. The molecule has 0 saturated carbocycles. The molecule has 0 N–H and O–H groups in total. The number of hydrogen-bond donors (Lipinski definition) is 0. The topological polar surface area (TPSA) is 146 Å². The molecular weight excluding hydrogens is 775 g/mol. The molecule has 2 unspecified atom stereocenters. The van der Waals surface area contributed by atoms with Crippen LogP contribution in [-0.2, 0) is 42.0 Å². The van der Waals surface area contributed by atoms with Crippen LogP contribution in [0.1, 0.15) is 50.8 Å². The first-order valence-electron chi connectivity index (χ1n) is 20.0. The molecule has 0 bridgehead atoms. The molecule has 3 saturated heterocycles. The number of fused-ring (bicyclic) bond motifs is 2. The van der Waals surface area contributed by atoms with Crippen molar-refractivity contribution in [2.24, 2.45) is 11.8 Å². The molecule has 13 nitrogen and oxygen atoms in total. The zero-order valence-electron chi connectivity index (χ0n) is 33.6. The van der Waals surface area contributed by atoms with Crippen LogP contribution in [-0.4, -0.2) is 87.1 Å². The number of sulfonamides is 1. The van der Waals surface area contributed by atoms with Crippen LogP contribution in [0.15, 0.2) is 95.9 Å². The van der Waals surface area contributed by atoms with Crippen LogP contribution in [0.2, 0.25) is 0 Å². The summed E-state index contributed by atoms with van der Waals surface area (Å²) < 4.78 is 71.5. The molecule has 5 atom stereocenters. The lowest BCUT2D eigenvalue weighted by atomic mass is 9.99. The first-order valence-corrected chi connectivity index (χ1v) is 21.4. The fourth-order valence-corrected chi connectivity index (χ4v) is 9.98. The summed E-state index contributed by atoms with van der Waals surface area (Å²) in [5, 5.41) is 9.51. The molecule has 59 heavy (non-hydrogen) atoms. The van der Waals surface area contributed by atoms with Crippen molar-refractivity contribution >= 4 is 16.1 Å². The summed E-state index contributed by atoms with van der Waals surface area (Å²) in [7, 11) is -4.04. The van der Waals surface area contributed by atoms with Gasteiger partial charge in [-0.1, -0.05) is 68.4 Å². The number of nitriles is 1. The summed E-state index contributed by atoms with van der Waals surface area (Å²) in [6, 6.07) is 29.4. The molecule has 4 heterocycles. The Morgan fingerprint density at radius 1 is 0.966 bits per heavy atom. The Morgan fingerprint density at radius 2 is 1.71 bits per heavy atom. The van der Waals surface area contributed by atoms with Gasteiger partial charge >= 0.3 is 6.09 Å². The molecule has 8 rings (SSSR count). The number of carbonyl (C=O) groups excluding carboxylic acids is 1. The first-order chi connectivity index (χ1) is 28.4.